The Morgan fingerprint density at radius 2 is 2.08 bits per heavy atom. The molecule has 0 fully saturated rings. The van der Waals surface area contributed by atoms with Crippen molar-refractivity contribution in [2.75, 3.05) is 20.4 Å². The van der Waals surface area contributed by atoms with Gasteiger partial charge in [0.25, 0.3) is 0 Å². The summed E-state index contributed by atoms with van der Waals surface area (Å²) < 4.78 is 16.6. The highest BCUT2D eigenvalue weighted by atomic mass is 16.7. The lowest BCUT2D eigenvalue weighted by Crippen LogP contribution is -2.41. The zero-order valence-corrected chi connectivity index (χ0v) is 14.4. The first-order chi connectivity index (χ1) is 12.2. The van der Waals surface area contributed by atoms with Crippen molar-refractivity contribution in [3.8, 4) is 23.0 Å². The molecule has 3 aliphatic rings. The van der Waals surface area contributed by atoms with E-state index in [4.69, 9.17) is 14.2 Å². The van der Waals surface area contributed by atoms with Gasteiger partial charge in [0.2, 0.25) is 6.79 Å². The molecule has 2 atom stereocenters. The van der Waals surface area contributed by atoms with Gasteiger partial charge in [-0.15, -0.1) is 0 Å². The minimum Gasteiger partial charge on any atom is -0.504 e. The number of benzene rings is 2. The van der Waals surface area contributed by atoms with Gasteiger partial charge in [-0.1, -0.05) is 13.0 Å². The van der Waals surface area contributed by atoms with Crippen LogP contribution in [0.5, 0.6) is 23.0 Å². The second-order valence-electron chi connectivity index (χ2n) is 7.04. The Balaban J connectivity index is 1.62. The first-order valence-corrected chi connectivity index (χ1v) is 8.72. The van der Waals surface area contributed by atoms with Crippen LogP contribution in [0.1, 0.15) is 41.1 Å². The number of hydrogen-bond donors (Lipinski definition) is 1. The molecule has 0 aromatic heterocycles. The van der Waals surface area contributed by atoms with Gasteiger partial charge in [0, 0.05) is 30.6 Å². The first kappa shape index (κ1) is 14.9. The van der Waals surface area contributed by atoms with Crippen LogP contribution in [0.15, 0.2) is 24.3 Å². The van der Waals surface area contributed by atoms with E-state index in [1.54, 1.807) is 7.11 Å². The molecule has 2 aromatic carbocycles. The van der Waals surface area contributed by atoms with E-state index >= 15 is 0 Å². The summed E-state index contributed by atoms with van der Waals surface area (Å²) in [5, 5.41) is 10.3. The van der Waals surface area contributed by atoms with E-state index in [1.807, 2.05) is 18.2 Å². The summed E-state index contributed by atoms with van der Waals surface area (Å²) in [5.74, 6) is 2.84. The van der Waals surface area contributed by atoms with E-state index in [0.717, 1.165) is 31.0 Å². The third-order valence-corrected chi connectivity index (χ3v) is 5.82. The Morgan fingerprint density at radius 1 is 1.20 bits per heavy atom. The molecule has 5 nitrogen and oxygen atoms in total. The Kier molecular flexibility index (Phi) is 3.16. The number of phenols is 1. The average molecular weight is 339 g/mol. The zero-order chi connectivity index (χ0) is 17.1. The lowest BCUT2D eigenvalue weighted by atomic mass is 9.77. The van der Waals surface area contributed by atoms with Gasteiger partial charge in [0.05, 0.1) is 7.11 Å². The molecule has 2 aromatic rings. The van der Waals surface area contributed by atoms with E-state index in [1.165, 1.54) is 22.3 Å². The van der Waals surface area contributed by atoms with Crippen molar-refractivity contribution in [2.24, 2.45) is 0 Å². The van der Waals surface area contributed by atoms with Crippen LogP contribution in [-0.2, 0) is 13.0 Å². The zero-order valence-electron chi connectivity index (χ0n) is 14.4. The van der Waals surface area contributed by atoms with Gasteiger partial charge in [-0.3, -0.25) is 4.90 Å². The molecular weight excluding hydrogens is 318 g/mol. The first-order valence-electron chi connectivity index (χ1n) is 8.72. The van der Waals surface area contributed by atoms with E-state index < -0.39 is 0 Å². The van der Waals surface area contributed by atoms with Crippen LogP contribution in [-0.4, -0.2) is 30.5 Å². The van der Waals surface area contributed by atoms with Gasteiger partial charge < -0.3 is 19.3 Å². The standard InChI is InChI=1S/C20H21NO4/c1-11-13-3-4-17-20(25-10-24-17)15(13)9-21-6-5-12-7-18(23-2)16(22)8-14(12)19(11)21/h3-4,7-8,11,19,22H,5-6,9-10H2,1-2H3. The predicted molar refractivity (Wildman–Crippen MR) is 92.5 cm³/mol. The monoisotopic (exact) mass is 339 g/mol. The summed E-state index contributed by atoms with van der Waals surface area (Å²) in [6.45, 7) is 4.40. The van der Waals surface area contributed by atoms with Gasteiger partial charge in [-0.25, -0.2) is 0 Å². The molecule has 5 rings (SSSR count). The molecule has 0 bridgehead atoms. The summed E-state index contributed by atoms with van der Waals surface area (Å²) in [7, 11) is 1.60. The summed E-state index contributed by atoms with van der Waals surface area (Å²) in [6.07, 6.45) is 0.955. The number of hydrogen-bond acceptors (Lipinski definition) is 5. The van der Waals surface area contributed by atoms with Crippen LogP contribution in [0.3, 0.4) is 0 Å². The van der Waals surface area contributed by atoms with Crippen LogP contribution >= 0.6 is 0 Å². The van der Waals surface area contributed by atoms with Crippen LogP contribution in [0, 0.1) is 0 Å². The van der Waals surface area contributed by atoms with Gasteiger partial charge in [0.15, 0.2) is 23.0 Å². The molecule has 130 valence electrons. The third kappa shape index (κ3) is 2.05. The Labute approximate surface area is 146 Å². The van der Waals surface area contributed by atoms with Crippen molar-refractivity contribution < 1.29 is 19.3 Å². The number of fused-ring (bicyclic) bond motifs is 6. The fraction of sp³-hybridized carbons (Fsp3) is 0.400. The molecule has 0 saturated heterocycles. The second kappa shape index (κ2) is 5.30. The van der Waals surface area contributed by atoms with Crippen LogP contribution in [0.4, 0.5) is 0 Å². The van der Waals surface area contributed by atoms with Crippen molar-refractivity contribution in [1.82, 2.24) is 4.90 Å². The van der Waals surface area contributed by atoms with Crippen LogP contribution in [0.2, 0.25) is 0 Å². The average Bonchev–Trinajstić information content (AvgIpc) is 3.10. The SMILES string of the molecule is COc1cc2c(cc1O)C1C(C)c3ccc4c(c3CN1CC2)OCO4. The van der Waals surface area contributed by atoms with Gasteiger partial charge in [-0.2, -0.15) is 0 Å². The van der Waals surface area contributed by atoms with Gasteiger partial charge in [0.1, 0.15) is 0 Å². The highest BCUT2D eigenvalue weighted by Crippen LogP contribution is 2.51. The van der Waals surface area contributed by atoms with Crippen molar-refractivity contribution in [3.63, 3.8) is 0 Å². The summed E-state index contributed by atoms with van der Waals surface area (Å²) in [5.41, 5.74) is 5.04. The highest BCUT2D eigenvalue weighted by molar-refractivity contribution is 5.56. The number of ether oxygens (including phenoxy) is 3. The normalized spacial score (nSPS) is 23.6. The smallest absolute Gasteiger partial charge is 0.231 e. The fourth-order valence-corrected chi connectivity index (χ4v) is 4.65. The van der Waals surface area contributed by atoms with Crippen molar-refractivity contribution in [1.29, 1.82) is 0 Å². The molecule has 2 unspecified atom stereocenters. The molecule has 5 heteroatoms. The second-order valence-corrected chi connectivity index (χ2v) is 7.04. The summed E-state index contributed by atoms with van der Waals surface area (Å²) in [4.78, 5) is 2.49. The van der Waals surface area contributed by atoms with Crippen LogP contribution in [0.25, 0.3) is 0 Å². The summed E-state index contributed by atoms with van der Waals surface area (Å²) >= 11 is 0. The lowest BCUT2D eigenvalue weighted by Gasteiger charge is -2.45. The molecule has 0 saturated carbocycles. The van der Waals surface area contributed by atoms with Crippen molar-refractivity contribution in [2.45, 2.75) is 31.8 Å². The maximum absolute atomic E-state index is 10.3. The van der Waals surface area contributed by atoms with Gasteiger partial charge >= 0.3 is 0 Å². The molecule has 0 aliphatic carbocycles. The maximum Gasteiger partial charge on any atom is 0.231 e. The maximum atomic E-state index is 10.3. The topological polar surface area (TPSA) is 51.2 Å². The Morgan fingerprint density at radius 3 is 2.92 bits per heavy atom. The van der Waals surface area contributed by atoms with E-state index in [9.17, 15) is 5.11 Å². The molecule has 1 N–H and O–H groups in total. The van der Waals surface area contributed by atoms with E-state index in [2.05, 4.69) is 17.9 Å². The van der Waals surface area contributed by atoms with E-state index in [0.29, 0.717) is 18.5 Å². The van der Waals surface area contributed by atoms with Crippen LogP contribution < -0.4 is 14.2 Å². The number of phenolic OH excluding ortho intramolecular Hbond substituents is 1. The molecule has 25 heavy (non-hydrogen) atoms. The molecule has 0 spiro atoms. The van der Waals surface area contributed by atoms with E-state index in [-0.39, 0.29) is 11.8 Å². The lowest BCUT2D eigenvalue weighted by molar-refractivity contribution is 0.133. The molecule has 0 radical (unpaired) electrons. The molecule has 0 amide bonds. The number of nitrogens with zero attached hydrogens (tertiary/aromatic N) is 1. The summed E-state index contributed by atoms with van der Waals surface area (Å²) in [6, 6.07) is 8.32. The quantitative estimate of drug-likeness (QED) is 0.863. The molecular formula is C20H21NO4. The highest BCUT2D eigenvalue weighted by Gasteiger charge is 2.39. The fourth-order valence-electron chi connectivity index (χ4n) is 4.65. The minimum atomic E-state index is 0.215. The predicted octanol–water partition coefficient (Wildman–Crippen LogP) is 3.35. The third-order valence-electron chi connectivity index (χ3n) is 5.82. The van der Waals surface area contributed by atoms with Crippen molar-refractivity contribution in [3.05, 3.63) is 46.5 Å². The van der Waals surface area contributed by atoms with Gasteiger partial charge in [-0.05, 0) is 41.3 Å². The number of methoxy groups -OCH3 is 1. The number of rotatable bonds is 1. The Bertz CT molecular complexity index is 863. The molecule has 3 aliphatic heterocycles. The Hall–Kier alpha value is -2.40. The minimum absolute atomic E-state index is 0.215. The van der Waals surface area contributed by atoms with Crippen molar-refractivity contribution >= 4 is 0 Å². The number of aromatic hydroxyl groups is 1. The largest absolute Gasteiger partial charge is 0.504 e. The molecule has 3 heterocycles.